The van der Waals surface area contributed by atoms with Crippen molar-refractivity contribution in [2.75, 3.05) is 19.8 Å². The van der Waals surface area contributed by atoms with Crippen LogP contribution in [0, 0.1) is 0 Å². The van der Waals surface area contributed by atoms with Crippen LogP contribution < -0.4 is 0 Å². The minimum atomic E-state index is -0.540. The lowest BCUT2D eigenvalue weighted by Gasteiger charge is -2.18. The highest BCUT2D eigenvalue weighted by Gasteiger charge is 2.17. The summed E-state index contributed by atoms with van der Waals surface area (Å²) in [7, 11) is 0. The van der Waals surface area contributed by atoms with Gasteiger partial charge in [0.05, 0.1) is 6.61 Å². The van der Waals surface area contributed by atoms with Gasteiger partial charge in [-0.15, -0.1) is 0 Å². The molecule has 0 saturated carbocycles. The van der Waals surface area contributed by atoms with E-state index in [0.717, 1.165) is 70.6 Å². The predicted molar refractivity (Wildman–Crippen MR) is 224 cm³/mol. The molecule has 0 amide bonds. The molecule has 5 heteroatoms. The summed E-state index contributed by atoms with van der Waals surface area (Å²) in [6.45, 7) is 7.68. The van der Waals surface area contributed by atoms with Crippen LogP contribution in [-0.4, -0.2) is 37.9 Å². The molecule has 0 bridgehead atoms. The summed E-state index contributed by atoms with van der Waals surface area (Å²) in [6, 6.07) is 0. The Kier molecular flexibility index (Phi) is 41.5. The van der Waals surface area contributed by atoms with Crippen molar-refractivity contribution in [3.05, 3.63) is 48.6 Å². The van der Waals surface area contributed by atoms with Gasteiger partial charge in [0.2, 0.25) is 0 Å². The Morgan fingerprint density at radius 1 is 0.423 bits per heavy atom. The maximum atomic E-state index is 12.6. The minimum Gasteiger partial charge on any atom is -0.462 e. The molecule has 0 saturated heterocycles. The van der Waals surface area contributed by atoms with E-state index in [-0.39, 0.29) is 25.2 Å². The molecule has 0 aromatic carbocycles. The largest absolute Gasteiger partial charge is 0.462 e. The van der Waals surface area contributed by atoms with E-state index in [1.54, 1.807) is 0 Å². The highest BCUT2D eigenvalue weighted by atomic mass is 16.6. The number of unbranched alkanes of at least 4 members (excludes halogenated alkanes) is 21. The fraction of sp³-hybridized carbons (Fsp3) is 0.787. The van der Waals surface area contributed by atoms with Crippen molar-refractivity contribution in [3.8, 4) is 0 Å². The quantitative estimate of drug-likeness (QED) is 0.0357. The molecule has 0 aliphatic carbocycles. The van der Waals surface area contributed by atoms with Gasteiger partial charge < -0.3 is 14.2 Å². The Morgan fingerprint density at radius 2 is 0.846 bits per heavy atom. The Balaban J connectivity index is 4.14. The normalized spacial score (nSPS) is 12.6. The fourth-order valence-electron chi connectivity index (χ4n) is 5.99. The molecule has 0 aromatic heterocycles. The third-order valence-corrected chi connectivity index (χ3v) is 9.32. The number of hydrogen-bond donors (Lipinski definition) is 0. The summed E-state index contributed by atoms with van der Waals surface area (Å²) in [4.78, 5) is 25.1. The second-order valence-corrected chi connectivity index (χ2v) is 14.6. The standard InChI is InChI=1S/C47H84O5/c1-4-7-10-13-16-18-20-22-23-24-25-27-28-30-32-34-37-40-46(48)51-44-45(43-50-42-39-36-15-12-9-6-3)52-47(49)41-38-35-33-31-29-26-21-19-17-14-11-8-5-2/h11,14,16,18-19,21-23,45H,4-10,12-13,15,17,20,24-44H2,1-3H3/b14-11-,18-16-,21-19-,23-22-. The third-order valence-electron chi connectivity index (χ3n) is 9.32. The first-order chi connectivity index (χ1) is 25.6. The lowest BCUT2D eigenvalue weighted by atomic mass is 10.1. The molecule has 0 rings (SSSR count). The van der Waals surface area contributed by atoms with Crippen LogP contribution in [0.5, 0.6) is 0 Å². The van der Waals surface area contributed by atoms with E-state index >= 15 is 0 Å². The van der Waals surface area contributed by atoms with Crippen LogP contribution in [0.3, 0.4) is 0 Å². The van der Waals surface area contributed by atoms with E-state index in [1.165, 1.54) is 109 Å². The molecule has 1 unspecified atom stereocenters. The first-order valence-electron chi connectivity index (χ1n) is 22.2. The van der Waals surface area contributed by atoms with Gasteiger partial charge in [-0.3, -0.25) is 9.59 Å². The Hall–Kier alpha value is -2.14. The average Bonchev–Trinajstić information content (AvgIpc) is 3.14. The second-order valence-electron chi connectivity index (χ2n) is 14.6. The molecule has 0 fully saturated rings. The SMILES string of the molecule is CCC/C=C\C/C=C\CCCCCCCC(=O)OC(COCCCCCCCC)COC(=O)CCCCCCCCC/C=C\C/C=C\CCCCC. The highest BCUT2D eigenvalue weighted by molar-refractivity contribution is 5.70. The zero-order chi connectivity index (χ0) is 37.8. The number of ether oxygens (including phenoxy) is 3. The Labute approximate surface area is 322 Å². The van der Waals surface area contributed by atoms with Gasteiger partial charge in [-0.25, -0.2) is 0 Å². The highest BCUT2D eigenvalue weighted by Crippen LogP contribution is 2.13. The average molecular weight is 729 g/mol. The number of allylic oxidation sites excluding steroid dienone is 8. The molecule has 5 nitrogen and oxygen atoms in total. The van der Waals surface area contributed by atoms with Crippen molar-refractivity contribution in [1.82, 2.24) is 0 Å². The number of carbonyl (C=O) groups is 2. The van der Waals surface area contributed by atoms with Crippen molar-refractivity contribution in [2.45, 2.75) is 219 Å². The molecule has 0 heterocycles. The molecule has 302 valence electrons. The first-order valence-corrected chi connectivity index (χ1v) is 22.2. The lowest BCUT2D eigenvalue weighted by Crippen LogP contribution is -2.30. The summed E-state index contributed by atoms with van der Waals surface area (Å²) in [5.41, 5.74) is 0. The molecular formula is C47H84O5. The van der Waals surface area contributed by atoms with Gasteiger partial charge in [0.1, 0.15) is 6.61 Å². The Morgan fingerprint density at radius 3 is 1.38 bits per heavy atom. The van der Waals surface area contributed by atoms with Crippen molar-refractivity contribution in [3.63, 3.8) is 0 Å². The molecule has 0 aliphatic rings. The van der Waals surface area contributed by atoms with Gasteiger partial charge in [0.15, 0.2) is 6.10 Å². The van der Waals surface area contributed by atoms with Gasteiger partial charge in [0.25, 0.3) is 0 Å². The smallest absolute Gasteiger partial charge is 0.306 e. The zero-order valence-corrected chi connectivity index (χ0v) is 34.6. The molecule has 0 N–H and O–H groups in total. The molecule has 1 atom stereocenters. The molecule has 0 spiro atoms. The van der Waals surface area contributed by atoms with E-state index < -0.39 is 6.10 Å². The maximum Gasteiger partial charge on any atom is 0.306 e. The summed E-state index contributed by atoms with van der Waals surface area (Å²) in [6.07, 6.45) is 51.1. The van der Waals surface area contributed by atoms with E-state index in [1.807, 2.05) is 0 Å². The lowest BCUT2D eigenvalue weighted by molar-refractivity contribution is -0.163. The summed E-state index contributed by atoms with van der Waals surface area (Å²) >= 11 is 0. The number of rotatable bonds is 40. The van der Waals surface area contributed by atoms with Crippen LogP contribution in [0.25, 0.3) is 0 Å². The van der Waals surface area contributed by atoms with Gasteiger partial charge in [-0.05, 0) is 77.0 Å². The second kappa shape index (κ2) is 43.3. The molecule has 0 aliphatic heterocycles. The van der Waals surface area contributed by atoms with E-state index in [9.17, 15) is 9.59 Å². The molecule has 0 aromatic rings. The molecule has 52 heavy (non-hydrogen) atoms. The van der Waals surface area contributed by atoms with Crippen LogP contribution in [0.15, 0.2) is 48.6 Å². The van der Waals surface area contributed by atoms with Crippen molar-refractivity contribution >= 4 is 11.9 Å². The van der Waals surface area contributed by atoms with Crippen LogP contribution in [0.4, 0.5) is 0 Å². The van der Waals surface area contributed by atoms with Gasteiger partial charge >= 0.3 is 11.9 Å². The van der Waals surface area contributed by atoms with Crippen LogP contribution in [-0.2, 0) is 23.8 Å². The molecule has 0 radical (unpaired) electrons. The zero-order valence-electron chi connectivity index (χ0n) is 34.6. The summed E-state index contributed by atoms with van der Waals surface area (Å²) in [5, 5.41) is 0. The Bertz CT molecular complexity index is 873. The topological polar surface area (TPSA) is 61.8 Å². The van der Waals surface area contributed by atoms with Crippen LogP contribution >= 0.6 is 0 Å². The monoisotopic (exact) mass is 729 g/mol. The summed E-state index contributed by atoms with van der Waals surface area (Å²) in [5.74, 6) is -0.424. The first kappa shape index (κ1) is 49.9. The third kappa shape index (κ3) is 40.6. The van der Waals surface area contributed by atoms with Crippen molar-refractivity contribution in [2.24, 2.45) is 0 Å². The fourth-order valence-corrected chi connectivity index (χ4v) is 5.99. The minimum absolute atomic E-state index is 0.0761. The van der Waals surface area contributed by atoms with Crippen molar-refractivity contribution < 1.29 is 23.8 Å². The van der Waals surface area contributed by atoms with Gasteiger partial charge in [-0.2, -0.15) is 0 Å². The summed E-state index contributed by atoms with van der Waals surface area (Å²) < 4.78 is 17.2. The number of hydrogen-bond acceptors (Lipinski definition) is 5. The van der Waals surface area contributed by atoms with Crippen LogP contribution in [0.1, 0.15) is 213 Å². The van der Waals surface area contributed by atoms with Gasteiger partial charge in [0, 0.05) is 19.4 Å². The predicted octanol–water partition coefficient (Wildman–Crippen LogP) is 14.4. The van der Waals surface area contributed by atoms with E-state index in [0.29, 0.717) is 19.4 Å². The number of esters is 2. The van der Waals surface area contributed by atoms with Crippen molar-refractivity contribution in [1.29, 1.82) is 0 Å². The van der Waals surface area contributed by atoms with Crippen LogP contribution in [0.2, 0.25) is 0 Å². The maximum absolute atomic E-state index is 12.6. The van der Waals surface area contributed by atoms with Gasteiger partial charge in [-0.1, -0.05) is 172 Å². The molecular weight excluding hydrogens is 645 g/mol. The van der Waals surface area contributed by atoms with E-state index in [4.69, 9.17) is 14.2 Å². The van der Waals surface area contributed by atoms with E-state index in [2.05, 4.69) is 69.4 Å². The number of carbonyl (C=O) groups excluding carboxylic acids is 2.